The molecule has 2 aromatic rings. The van der Waals surface area contributed by atoms with Gasteiger partial charge in [0, 0.05) is 24.2 Å². The Kier molecular flexibility index (Phi) is 7.85. The minimum atomic E-state index is -1.24. The third-order valence-corrected chi connectivity index (χ3v) is 10.9. The Morgan fingerprint density at radius 3 is 2.05 bits per heavy atom. The summed E-state index contributed by atoms with van der Waals surface area (Å²) in [5, 5.41) is 9.74. The molecule has 4 fully saturated rings. The standard InChI is InChI=1S/C33H47N3O3/c1-21-15-24(23-9-4-3-5-10-23)16-22(2)18-27(17-21)35-25-11-8-12-26(35)20-28(19-25)36-30-14-7-6-13-29(30)34-31(32(36)37)33(38)39/h6-7,13-14,21-28H,3-5,8-12,15-20H2,1-2H3,(H,38,39)/t21-,22+,24?,25-,26+,27?,28?. The number of carboxylic acids is 1. The van der Waals surface area contributed by atoms with Crippen LogP contribution >= 0.6 is 0 Å². The number of fused-ring (bicyclic) bond motifs is 3. The maximum absolute atomic E-state index is 13.5. The Morgan fingerprint density at radius 2 is 1.41 bits per heavy atom. The van der Waals surface area contributed by atoms with E-state index in [2.05, 4.69) is 23.7 Å². The molecule has 2 saturated heterocycles. The van der Waals surface area contributed by atoms with E-state index in [1.807, 2.05) is 24.3 Å². The van der Waals surface area contributed by atoms with Gasteiger partial charge in [0.2, 0.25) is 5.69 Å². The number of piperidine rings is 2. The lowest BCUT2D eigenvalue weighted by Crippen LogP contribution is -2.58. The molecule has 2 aliphatic carbocycles. The maximum Gasteiger partial charge on any atom is 0.360 e. The first-order valence-corrected chi connectivity index (χ1v) is 15.9. The van der Waals surface area contributed by atoms with Crippen LogP contribution in [0.5, 0.6) is 0 Å². The zero-order chi connectivity index (χ0) is 27.1. The van der Waals surface area contributed by atoms with Crippen LogP contribution < -0.4 is 5.56 Å². The van der Waals surface area contributed by atoms with E-state index in [0.29, 0.717) is 23.6 Å². The summed E-state index contributed by atoms with van der Waals surface area (Å²) >= 11 is 0. The van der Waals surface area contributed by atoms with Gasteiger partial charge < -0.3 is 9.67 Å². The molecule has 3 unspecified atom stereocenters. The normalized spacial score (nSPS) is 34.9. The van der Waals surface area contributed by atoms with Crippen LogP contribution in [0.2, 0.25) is 0 Å². The zero-order valence-corrected chi connectivity index (χ0v) is 23.9. The quantitative estimate of drug-likeness (QED) is 0.455. The summed E-state index contributed by atoms with van der Waals surface area (Å²) in [6, 6.07) is 9.12. The predicted octanol–water partition coefficient (Wildman–Crippen LogP) is 7.06. The van der Waals surface area contributed by atoms with Crippen molar-refractivity contribution in [3.05, 3.63) is 40.3 Å². The van der Waals surface area contributed by atoms with Crippen molar-refractivity contribution in [3.8, 4) is 0 Å². The topological polar surface area (TPSA) is 75.4 Å². The minimum Gasteiger partial charge on any atom is -0.476 e. The van der Waals surface area contributed by atoms with Crippen molar-refractivity contribution in [2.75, 3.05) is 0 Å². The number of carbonyl (C=O) groups is 1. The monoisotopic (exact) mass is 533 g/mol. The van der Waals surface area contributed by atoms with Crippen molar-refractivity contribution in [3.63, 3.8) is 0 Å². The summed E-state index contributed by atoms with van der Waals surface area (Å²) in [5.74, 6) is 2.16. The lowest BCUT2D eigenvalue weighted by molar-refractivity contribution is -0.0369. The minimum absolute atomic E-state index is 0.0223. The molecule has 0 spiro atoms. The van der Waals surface area contributed by atoms with Gasteiger partial charge in [-0.2, -0.15) is 0 Å². The fraction of sp³-hybridized carbons (Fsp3) is 0.727. The second kappa shape index (κ2) is 11.3. The van der Waals surface area contributed by atoms with Gasteiger partial charge in [-0.05, 0) is 87.2 Å². The Labute approximate surface area is 233 Å². The average Bonchev–Trinajstić information content (AvgIpc) is 2.90. The predicted molar refractivity (Wildman–Crippen MR) is 155 cm³/mol. The molecular formula is C33H47N3O3. The molecule has 6 rings (SSSR count). The highest BCUT2D eigenvalue weighted by atomic mass is 16.4. The molecule has 7 atom stereocenters. The van der Waals surface area contributed by atoms with Crippen LogP contribution in [0.25, 0.3) is 11.0 Å². The average molecular weight is 534 g/mol. The lowest BCUT2D eigenvalue weighted by Gasteiger charge is -2.54. The first-order chi connectivity index (χ1) is 18.9. The van der Waals surface area contributed by atoms with Crippen molar-refractivity contribution in [2.24, 2.45) is 23.7 Å². The summed E-state index contributed by atoms with van der Waals surface area (Å²) in [5.41, 5.74) is 0.569. The maximum atomic E-state index is 13.5. The summed E-state index contributed by atoms with van der Waals surface area (Å²) in [4.78, 5) is 32.5. The van der Waals surface area contributed by atoms with Crippen molar-refractivity contribution >= 4 is 17.0 Å². The van der Waals surface area contributed by atoms with Gasteiger partial charge in [0.1, 0.15) is 0 Å². The Balaban J connectivity index is 1.24. The van der Waals surface area contributed by atoms with Gasteiger partial charge in [0.05, 0.1) is 11.0 Å². The summed E-state index contributed by atoms with van der Waals surface area (Å²) in [6.07, 6.45) is 18.1. The molecular weight excluding hydrogens is 486 g/mol. The largest absolute Gasteiger partial charge is 0.476 e. The number of para-hydroxylation sites is 2. The van der Waals surface area contributed by atoms with Gasteiger partial charge in [-0.3, -0.25) is 9.69 Å². The second-order valence-electron chi connectivity index (χ2n) is 13.7. The van der Waals surface area contributed by atoms with Gasteiger partial charge in [-0.15, -0.1) is 0 Å². The molecule has 1 aromatic carbocycles. The zero-order valence-electron chi connectivity index (χ0n) is 23.9. The number of carboxylic acid groups (broad SMARTS) is 1. The van der Waals surface area contributed by atoms with Crippen molar-refractivity contribution in [2.45, 2.75) is 128 Å². The summed E-state index contributed by atoms with van der Waals surface area (Å²) in [6.45, 7) is 5.02. The molecule has 1 aromatic heterocycles. The molecule has 6 nitrogen and oxygen atoms in total. The number of rotatable bonds is 4. The highest BCUT2D eigenvalue weighted by Gasteiger charge is 2.44. The number of aromatic nitrogens is 2. The van der Waals surface area contributed by atoms with E-state index in [-0.39, 0.29) is 11.7 Å². The number of hydrogen-bond acceptors (Lipinski definition) is 4. The van der Waals surface area contributed by atoms with Crippen LogP contribution in [0, 0.1) is 23.7 Å². The van der Waals surface area contributed by atoms with E-state index in [4.69, 9.17) is 0 Å². The van der Waals surface area contributed by atoms with Gasteiger partial charge >= 0.3 is 5.97 Å². The molecule has 3 heterocycles. The lowest BCUT2D eigenvalue weighted by atomic mass is 9.69. The molecule has 6 heteroatoms. The summed E-state index contributed by atoms with van der Waals surface area (Å²) in [7, 11) is 0. The van der Waals surface area contributed by atoms with Crippen LogP contribution in [0.4, 0.5) is 0 Å². The Morgan fingerprint density at radius 1 is 0.769 bits per heavy atom. The van der Waals surface area contributed by atoms with Crippen LogP contribution in [0.3, 0.4) is 0 Å². The third-order valence-electron chi connectivity index (χ3n) is 10.9. The number of hydrogen-bond donors (Lipinski definition) is 1. The van der Waals surface area contributed by atoms with Crippen LogP contribution in [0.15, 0.2) is 29.1 Å². The van der Waals surface area contributed by atoms with Crippen LogP contribution in [0.1, 0.15) is 120 Å². The van der Waals surface area contributed by atoms with Crippen molar-refractivity contribution < 1.29 is 9.90 Å². The van der Waals surface area contributed by atoms with E-state index >= 15 is 0 Å². The molecule has 0 radical (unpaired) electrons. The molecule has 39 heavy (non-hydrogen) atoms. The molecule has 2 saturated carbocycles. The fourth-order valence-electron chi connectivity index (χ4n) is 9.43. The Hall–Kier alpha value is -2.21. The first kappa shape index (κ1) is 27.0. The first-order valence-electron chi connectivity index (χ1n) is 15.9. The van der Waals surface area contributed by atoms with Gasteiger partial charge in [0.25, 0.3) is 5.56 Å². The van der Waals surface area contributed by atoms with Crippen LogP contribution in [-0.4, -0.2) is 43.7 Å². The molecule has 4 aliphatic rings. The number of aromatic carboxylic acids is 1. The van der Waals surface area contributed by atoms with Gasteiger partial charge in [-0.25, -0.2) is 9.78 Å². The number of benzene rings is 1. The van der Waals surface area contributed by atoms with E-state index in [9.17, 15) is 14.7 Å². The summed E-state index contributed by atoms with van der Waals surface area (Å²) < 4.78 is 1.80. The van der Waals surface area contributed by atoms with E-state index in [1.54, 1.807) is 4.57 Å². The molecule has 212 valence electrons. The van der Waals surface area contributed by atoms with Gasteiger partial charge in [0.15, 0.2) is 0 Å². The third kappa shape index (κ3) is 5.42. The Bertz CT molecular complexity index is 1210. The molecule has 1 N–H and O–H groups in total. The fourth-order valence-corrected chi connectivity index (χ4v) is 9.43. The van der Waals surface area contributed by atoms with E-state index in [0.717, 1.165) is 42.0 Å². The van der Waals surface area contributed by atoms with Crippen LogP contribution in [-0.2, 0) is 0 Å². The van der Waals surface area contributed by atoms with E-state index < -0.39 is 11.5 Å². The van der Waals surface area contributed by atoms with Crippen molar-refractivity contribution in [1.29, 1.82) is 0 Å². The highest BCUT2D eigenvalue weighted by molar-refractivity contribution is 5.88. The van der Waals surface area contributed by atoms with Crippen molar-refractivity contribution in [1.82, 2.24) is 14.5 Å². The smallest absolute Gasteiger partial charge is 0.360 e. The number of nitrogens with zero attached hydrogens (tertiary/aromatic N) is 3. The highest BCUT2D eigenvalue weighted by Crippen LogP contribution is 2.46. The van der Waals surface area contributed by atoms with E-state index in [1.165, 1.54) is 77.0 Å². The van der Waals surface area contributed by atoms with Gasteiger partial charge in [-0.1, -0.05) is 64.5 Å². The molecule has 2 bridgehead atoms. The SMILES string of the molecule is C[C@@H]1CC(C2CCCCC2)C[C@H](C)CC(N2[C@@H]3CCC[C@H]2CC(n2c(=O)c(C(=O)O)nc4ccccc42)C3)C1. The molecule has 2 aliphatic heterocycles. The second-order valence-corrected chi connectivity index (χ2v) is 13.7. The molecule has 0 amide bonds.